The molecule has 0 unspecified atom stereocenters. The highest BCUT2D eigenvalue weighted by Crippen LogP contribution is 2.36. The number of thiazole rings is 1. The predicted octanol–water partition coefficient (Wildman–Crippen LogP) is 4.16. The van der Waals surface area contributed by atoms with E-state index in [1.807, 2.05) is 47.1 Å². The van der Waals surface area contributed by atoms with E-state index in [9.17, 15) is 4.79 Å². The number of benzene rings is 2. The van der Waals surface area contributed by atoms with Gasteiger partial charge in [0.25, 0.3) is 0 Å². The van der Waals surface area contributed by atoms with E-state index >= 15 is 0 Å². The second-order valence-corrected chi connectivity index (χ2v) is 8.98. The molecule has 1 saturated carbocycles. The van der Waals surface area contributed by atoms with E-state index < -0.39 is 0 Å². The summed E-state index contributed by atoms with van der Waals surface area (Å²) in [5, 5.41) is 16.0. The SMILES string of the molecule is O=C(CSCc1nc2ccccc2s1)Nc1cccc(-c2nnnn2C2CC2)c1. The van der Waals surface area contributed by atoms with Crippen molar-refractivity contribution in [3.63, 3.8) is 0 Å². The monoisotopic (exact) mass is 422 g/mol. The maximum atomic E-state index is 12.4. The van der Waals surface area contributed by atoms with E-state index in [0.29, 0.717) is 11.8 Å². The van der Waals surface area contributed by atoms with Crippen LogP contribution < -0.4 is 5.32 Å². The number of hydrogen-bond acceptors (Lipinski definition) is 7. The van der Waals surface area contributed by atoms with Crippen LogP contribution in [0.4, 0.5) is 5.69 Å². The number of nitrogens with zero attached hydrogens (tertiary/aromatic N) is 5. The van der Waals surface area contributed by atoms with Crippen molar-refractivity contribution in [2.24, 2.45) is 0 Å². The topological polar surface area (TPSA) is 85.6 Å². The molecule has 1 N–H and O–H groups in total. The molecule has 0 saturated heterocycles. The van der Waals surface area contributed by atoms with Crippen LogP contribution in [0.25, 0.3) is 21.6 Å². The van der Waals surface area contributed by atoms with Gasteiger partial charge in [-0.3, -0.25) is 4.79 Å². The summed E-state index contributed by atoms with van der Waals surface area (Å²) < 4.78 is 3.05. The summed E-state index contributed by atoms with van der Waals surface area (Å²) in [6, 6.07) is 16.2. The van der Waals surface area contributed by atoms with Gasteiger partial charge in [0.05, 0.1) is 22.0 Å². The summed E-state index contributed by atoms with van der Waals surface area (Å²) in [6.45, 7) is 0. The standard InChI is InChI=1S/C20H18N6OS2/c27-18(11-28-12-19-22-16-6-1-2-7-17(16)29-19)21-14-5-3-4-13(10-14)20-23-24-25-26(20)15-8-9-15/h1-7,10,15H,8-9,11-12H2,(H,21,27). The Hall–Kier alpha value is -2.78. The van der Waals surface area contributed by atoms with E-state index in [-0.39, 0.29) is 5.91 Å². The second-order valence-electron chi connectivity index (χ2n) is 6.88. The molecule has 0 aliphatic heterocycles. The van der Waals surface area contributed by atoms with Crippen molar-refractivity contribution in [2.75, 3.05) is 11.1 Å². The van der Waals surface area contributed by atoms with Gasteiger partial charge in [-0.25, -0.2) is 9.67 Å². The Morgan fingerprint density at radius 1 is 1.21 bits per heavy atom. The molecule has 7 nitrogen and oxygen atoms in total. The zero-order chi connectivity index (χ0) is 19.6. The molecule has 1 aliphatic rings. The number of nitrogens with one attached hydrogen (secondary N) is 1. The minimum absolute atomic E-state index is 0.0324. The summed E-state index contributed by atoms with van der Waals surface area (Å²) in [6.07, 6.45) is 2.22. The Kier molecular flexibility index (Phi) is 4.99. The van der Waals surface area contributed by atoms with E-state index in [0.717, 1.165) is 46.2 Å². The summed E-state index contributed by atoms with van der Waals surface area (Å²) in [5.74, 6) is 1.81. The Morgan fingerprint density at radius 2 is 2.10 bits per heavy atom. The van der Waals surface area contributed by atoms with Gasteiger partial charge >= 0.3 is 0 Å². The Bertz CT molecular complexity index is 1130. The number of thioether (sulfide) groups is 1. The minimum atomic E-state index is -0.0324. The average molecular weight is 423 g/mol. The summed E-state index contributed by atoms with van der Waals surface area (Å²) >= 11 is 3.24. The highest BCUT2D eigenvalue weighted by molar-refractivity contribution is 7.99. The Balaban J connectivity index is 1.19. The molecule has 1 amide bonds. The lowest BCUT2D eigenvalue weighted by molar-refractivity contribution is -0.113. The van der Waals surface area contributed by atoms with Crippen molar-refractivity contribution in [1.29, 1.82) is 0 Å². The molecule has 0 atom stereocenters. The lowest BCUT2D eigenvalue weighted by Gasteiger charge is -2.07. The molecule has 5 rings (SSSR count). The maximum Gasteiger partial charge on any atom is 0.234 e. The van der Waals surface area contributed by atoms with Gasteiger partial charge in [-0.15, -0.1) is 28.2 Å². The van der Waals surface area contributed by atoms with E-state index in [2.05, 4.69) is 31.9 Å². The lowest BCUT2D eigenvalue weighted by Crippen LogP contribution is -2.14. The van der Waals surface area contributed by atoms with Crippen LogP contribution in [0.2, 0.25) is 0 Å². The molecule has 1 fully saturated rings. The molecule has 2 aromatic heterocycles. The molecule has 0 bridgehead atoms. The van der Waals surface area contributed by atoms with E-state index in [1.165, 1.54) is 4.70 Å². The molecule has 1 aliphatic carbocycles. The van der Waals surface area contributed by atoms with E-state index in [1.54, 1.807) is 23.1 Å². The molecule has 9 heteroatoms. The third-order valence-corrected chi connectivity index (χ3v) is 6.75. The van der Waals surface area contributed by atoms with Crippen LogP contribution in [-0.4, -0.2) is 36.9 Å². The zero-order valence-electron chi connectivity index (χ0n) is 15.5. The van der Waals surface area contributed by atoms with Gasteiger partial charge in [-0.05, 0) is 47.5 Å². The minimum Gasteiger partial charge on any atom is -0.325 e. The smallest absolute Gasteiger partial charge is 0.234 e. The van der Waals surface area contributed by atoms with Crippen molar-refractivity contribution in [3.05, 3.63) is 53.5 Å². The summed E-state index contributed by atoms with van der Waals surface area (Å²) in [7, 11) is 0. The average Bonchev–Trinajstić information content (AvgIpc) is 3.30. The van der Waals surface area contributed by atoms with E-state index in [4.69, 9.17) is 0 Å². The van der Waals surface area contributed by atoms with Crippen LogP contribution in [0.15, 0.2) is 48.5 Å². The molecule has 2 aromatic carbocycles. The largest absolute Gasteiger partial charge is 0.325 e. The number of rotatable bonds is 7. The highest BCUT2D eigenvalue weighted by atomic mass is 32.2. The van der Waals surface area contributed by atoms with Crippen molar-refractivity contribution in [3.8, 4) is 11.4 Å². The molecular weight excluding hydrogens is 404 g/mol. The van der Waals surface area contributed by atoms with Gasteiger partial charge in [-0.2, -0.15) is 0 Å². The Morgan fingerprint density at radius 3 is 2.97 bits per heavy atom. The molecule has 0 radical (unpaired) electrons. The number of amides is 1. The van der Waals surface area contributed by atoms with Crippen LogP contribution in [0.1, 0.15) is 23.9 Å². The Labute approximate surface area is 175 Å². The summed E-state index contributed by atoms with van der Waals surface area (Å²) in [5.41, 5.74) is 2.67. The van der Waals surface area contributed by atoms with Crippen LogP contribution in [-0.2, 0) is 10.5 Å². The molecule has 4 aromatic rings. The maximum absolute atomic E-state index is 12.4. The van der Waals surface area contributed by atoms with Crippen LogP contribution in [0, 0.1) is 0 Å². The fourth-order valence-corrected chi connectivity index (χ4v) is 4.94. The molecular formula is C20H18N6OS2. The van der Waals surface area contributed by atoms with Gasteiger partial charge in [0, 0.05) is 17.0 Å². The van der Waals surface area contributed by atoms with Gasteiger partial charge in [0.15, 0.2) is 5.82 Å². The molecule has 29 heavy (non-hydrogen) atoms. The number of fused-ring (bicyclic) bond motifs is 1. The van der Waals surface area contributed by atoms with Crippen molar-refractivity contribution >= 4 is 44.9 Å². The van der Waals surface area contributed by atoms with Gasteiger partial charge in [0.2, 0.25) is 5.91 Å². The summed E-state index contributed by atoms with van der Waals surface area (Å²) in [4.78, 5) is 17.0. The first-order valence-corrected chi connectivity index (χ1v) is 11.3. The number of hydrogen-bond donors (Lipinski definition) is 1. The first kappa shape index (κ1) is 18.3. The highest BCUT2D eigenvalue weighted by Gasteiger charge is 2.28. The molecule has 2 heterocycles. The number of para-hydroxylation sites is 1. The quantitative estimate of drug-likeness (QED) is 0.481. The van der Waals surface area contributed by atoms with Crippen LogP contribution in [0.5, 0.6) is 0 Å². The fraction of sp³-hybridized carbons (Fsp3) is 0.250. The third kappa shape index (κ3) is 4.15. The van der Waals surface area contributed by atoms with Gasteiger partial charge in [-0.1, -0.05) is 24.3 Å². The first-order valence-electron chi connectivity index (χ1n) is 9.36. The van der Waals surface area contributed by atoms with Gasteiger partial charge in [0.1, 0.15) is 5.01 Å². The lowest BCUT2D eigenvalue weighted by atomic mass is 10.2. The third-order valence-electron chi connectivity index (χ3n) is 4.59. The fourth-order valence-electron chi connectivity index (χ4n) is 3.09. The normalized spacial score (nSPS) is 13.7. The van der Waals surface area contributed by atoms with Crippen LogP contribution in [0.3, 0.4) is 0 Å². The molecule has 146 valence electrons. The second kappa shape index (κ2) is 7.92. The van der Waals surface area contributed by atoms with Crippen LogP contribution >= 0.6 is 23.1 Å². The first-order chi connectivity index (χ1) is 14.3. The number of carbonyl (C=O) groups is 1. The number of aromatic nitrogens is 5. The number of carbonyl (C=O) groups excluding carboxylic acids is 1. The van der Waals surface area contributed by atoms with Gasteiger partial charge < -0.3 is 5.32 Å². The zero-order valence-corrected chi connectivity index (χ0v) is 17.1. The predicted molar refractivity (Wildman–Crippen MR) is 116 cm³/mol. The number of anilines is 1. The van der Waals surface area contributed by atoms with Crippen molar-refractivity contribution in [2.45, 2.75) is 24.6 Å². The molecule has 0 spiro atoms. The van der Waals surface area contributed by atoms with Crippen molar-refractivity contribution in [1.82, 2.24) is 25.2 Å². The number of tetrazole rings is 1. The van der Waals surface area contributed by atoms with Crippen molar-refractivity contribution < 1.29 is 4.79 Å².